The van der Waals surface area contributed by atoms with Crippen LogP contribution in [0.5, 0.6) is 0 Å². The first kappa shape index (κ1) is 7.27. The van der Waals surface area contributed by atoms with Gasteiger partial charge in [0.05, 0.1) is 0 Å². The first-order valence-electron chi connectivity index (χ1n) is 3.41. The summed E-state index contributed by atoms with van der Waals surface area (Å²) in [5.74, 6) is 0. The van der Waals surface area contributed by atoms with Crippen molar-refractivity contribution in [2.75, 3.05) is 0 Å². The van der Waals surface area contributed by atoms with Crippen molar-refractivity contribution in [3.63, 3.8) is 0 Å². The predicted molar refractivity (Wildman–Crippen MR) is 38.3 cm³/mol. The van der Waals surface area contributed by atoms with Crippen molar-refractivity contribution in [2.24, 2.45) is 0 Å². The summed E-state index contributed by atoms with van der Waals surface area (Å²) in [6, 6.07) is -0.443. The van der Waals surface area contributed by atoms with Gasteiger partial charge in [-0.15, -0.1) is 0 Å². The average Bonchev–Trinajstić information content (AvgIpc) is 1.94. The minimum absolute atomic E-state index is 0.443. The van der Waals surface area contributed by atoms with Crippen LogP contribution in [0.15, 0.2) is 12.2 Å². The molecule has 1 nitrogen and oxygen atoms in total. The maximum absolute atomic E-state index is 12.8. The van der Waals surface area contributed by atoms with Gasteiger partial charge in [-0.25, -0.2) is 11.0 Å². The standard InChI is InChI=1S/C8H10FN/c1-6-3-4-7(9)8(5-6)10-2/h7-8H,1,3-5H2. The lowest BCUT2D eigenvalue weighted by molar-refractivity contribution is 0.264. The average molecular weight is 139 g/mol. The second kappa shape index (κ2) is 2.83. The highest BCUT2D eigenvalue weighted by Crippen LogP contribution is 2.26. The number of rotatable bonds is 0. The lowest BCUT2D eigenvalue weighted by Gasteiger charge is -2.17. The maximum atomic E-state index is 12.8. The second-order valence-corrected chi connectivity index (χ2v) is 2.71. The summed E-state index contributed by atoms with van der Waals surface area (Å²) >= 11 is 0. The molecule has 2 unspecified atom stereocenters. The van der Waals surface area contributed by atoms with E-state index in [0.29, 0.717) is 12.8 Å². The zero-order chi connectivity index (χ0) is 7.56. The maximum Gasteiger partial charge on any atom is 0.258 e. The number of alkyl halides is 1. The van der Waals surface area contributed by atoms with Gasteiger partial charge in [-0.3, -0.25) is 0 Å². The molecular formula is C8H10FN. The highest BCUT2D eigenvalue weighted by atomic mass is 19.1. The van der Waals surface area contributed by atoms with Gasteiger partial charge < -0.3 is 4.85 Å². The Morgan fingerprint density at radius 1 is 1.70 bits per heavy atom. The Morgan fingerprint density at radius 2 is 2.40 bits per heavy atom. The molecule has 0 heterocycles. The van der Waals surface area contributed by atoms with Crippen LogP contribution in [0.4, 0.5) is 4.39 Å². The van der Waals surface area contributed by atoms with Gasteiger partial charge in [0.1, 0.15) is 0 Å². The highest BCUT2D eigenvalue weighted by molar-refractivity contribution is 5.07. The molecule has 0 aromatic carbocycles. The van der Waals surface area contributed by atoms with Crippen LogP contribution < -0.4 is 0 Å². The number of hydrogen-bond donors (Lipinski definition) is 0. The first-order valence-corrected chi connectivity index (χ1v) is 3.41. The quantitative estimate of drug-likeness (QED) is 0.358. The van der Waals surface area contributed by atoms with Gasteiger partial charge in [0.2, 0.25) is 0 Å². The highest BCUT2D eigenvalue weighted by Gasteiger charge is 2.30. The molecule has 2 heteroatoms. The molecule has 1 aliphatic carbocycles. The summed E-state index contributed by atoms with van der Waals surface area (Å²) in [7, 11) is 0. The molecule has 0 aliphatic heterocycles. The molecule has 0 aromatic rings. The van der Waals surface area contributed by atoms with Crippen molar-refractivity contribution in [1.82, 2.24) is 0 Å². The third-order valence-corrected chi connectivity index (χ3v) is 1.85. The van der Waals surface area contributed by atoms with Crippen LogP contribution in [0.3, 0.4) is 0 Å². The monoisotopic (exact) mass is 139 g/mol. The van der Waals surface area contributed by atoms with Crippen molar-refractivity contribution in [2.45, 2.75) is 31.5 Å². The van der Waals surface area contributed by atoms with E-state index in [-0.39, 0.29) is 0 Å². The van der Waals surface area contributed by atoms with Gasteiger partial charge in [-0.1, -0.05) is 12.2 Å². The Kier molecular flexibility index (Phi) is 2.06. The molecule has 0 saturated heterocycles. The lowest BCUT2D eigenvalue weighted by atomic mass is 9.91. The van der Waals surface area contributed by atoms with Gasteiger partial charge in [0.15, 0.2) is 6.17 Å². The van der Waals surface area contributed by atoms with Gasteiger partial charge >= 0.3 is 0 Å². The van der Waals surface area contributed by atoms with Crippen LogP contribution >= 0.6 is 0 Å². The predicted octanol–water partition coefficient (Wildman–Crippen LogP) is 2.35. The van der Waals surface area contributed by atoms with Crippen molar-refractivity contribution in [1.29, 1.82) is 0 Å². The fourth-order valence-corrected chi connectivity index (χ4v) is 1.19. The molecule has 0 amide bonds. The van der Waals surface area contributed by atoms with E-state index in [1.165, 1.54) is 0 Å². The zero-order valence-electron chi connectivity index (χ0n) is 5.81. The van der Waals surface area contributed by atoms with E-state index in [0.717, 1.165) is 12.0 Å². The van der Waals surface area contributed by atoms with Gasteiger partial charge in [0.25, 0.3) is 6.04 Å². The molecule has 2 atom stereocenters. The molecule has 0 spiro atoms. The molecule has 1 saturated carbocycles. The van der Waals surface area contributed by atoms with Crippen LogP contribution in [0.1, 0.15) is 19.3 Å². The van der Waals surface area contributed by atoms with Gasteiger partial charge in [-0.05, 0) is 12.8 Å². The van der Waals surface area contributed by atoms with Crippen molar-refractivity contribution in [3.05, 3.63) is 23.6 Å². The summed E-state index contributed by atoms with van der Waals surface area (Å²) < 4.78 is 12.8. The molecular weight excluding hydrogens is 129 g/mol. The third-order valence-electron chi connectivity index (χ3n) is 1.85. The second-order valence-electron chi connectivity index (χ2n) is 2.71. The van der Waals surface area contributed by atoms with Crippen LogP contribution in [-0.4, -0.2) is 12.2 Å². The molecule has 0 aromatic heterocycles. The van der Waals surface area contributed by atoms with E-state index >= 15 is 0 Å². The lowest BCUT2D eigenvalue weighted by Crippen LogP contribution is -2.23. The van der Waals surface area contributed by atoms with Crippen LogP contribution in [-0.2, 0) is 0 Å². The van der Waals surface area contributed by atoms with Gasteiger partial charge in [0, 0.05) is 6.42 Å². The number of nitrogens with zero attached hydrogens (tertiary/aromatic N) is 1. The van der Waals surface area contributed by atoms with E-state index in [1.54, 1.807) is 0 Å². The first-order chi connectivity index (χ1) is 4.74. The van der Waals surface area contributed by atoms with Crippen LogP contribution in [0.2, 0.25) is 0 Å². The molecule has 1 rings (SSSR count). The normalized spacial score (nSPS) is 33.4. The van der Waals surface area contributed by atoms with Crippen molar-refractivity contribution >= 4 is 0 Å². The Labute approximate surface area is 60.4 Å². The number of hydrogen-bond acceptors (Lipinski definition) is 0. The molecule has 0 N–H and O–H groups in total. The molecule has 10 heavy (non-hydrogen) atoms. The molecule has 1 aliphatic rings. The SMILES string of the molecule is [C-]#[N+]C1CC(=C)CCC1F. The van der Waals surface area contributed by atoms with E-state index in [9.17, 15) is 4.39 Å². The fourth-order valence-electron chi connectivity index (χ4n) is 1.19. The van der Waals surface area contributed by atoms with Crippen molar-refractivity contribution < 1.29 is 4.39 Å². The molecule has 1 fully saturated rings. The van der Waals surface area contributed by atoms with E-state index < -0.39 is 12.2 Å². The Hall–Kier alpha value is -0.840. The number of halogens is 1. The minimum atomic E-state index is -0.914. The zero-order valence-corrected chi connectivity index (χ0v) is 5.81. The van der Waals surface area contributed by atoms with E-state index in [2.05, 4.69) is 11.4 Å². The summed E-state index contributed by atoms with van der Waals surface area (Å²) in [5, 5.41) is 0. The van der Waals surface area contributed by atoms with Crippen molar-refractivity contribution in [3.8, 4) is 0 Å². The Bertz CT molecular complexity index is 180. The Morgan fingerprint density at radius 3 is 2.90 bits per heavy atom. The van der Waals surface area contributed by atoms with Gasteiger partial charge in [-0.2, -0.15) is 0 Å². The summed E-state index contributed by atoms with van der Waals surface area (Å²) in [6.07, 6.45) is 0.895. The summed E-state index contributed by atoms with van der Waals surface area (Å²) in [6.45, 7) is 10.4. The smallest absolute Gasteiger partial charge is 0.258 e. The van der Waals surface area contributed by atoms with E-state index in [1.807, 2.05) is 0 Å². The van der Waals surface area contributed by atoms with E-state index in [4.69, 9.17) is 6.57 Å². The fraction of sp³-hybridized carbons (Fsp3) is 0.625. The van der Waals surface area contributed by atoms with Crippen LogP contribution in [0, 0.1) is 6.57 Å². The molecule has 0 radical (unpaired) electrons. The molecule has 54 valence electrons. The van der Waals surface area contributed by atoms with Crippen LogP contribution in [0.25, 0.3) is 4.85 Å². The third kappa shape index (κ3) is 1.36. The summed E-state index contributed by atoms with van der Waals surface area (Å²) in [5.41, 5.74) is 1.02. The molecule has 0 bridgehead atoms. The largest absolute Gasteiger partial charge is 0.310 e. The minimum Gasteiger partial charge on any atom is -0.310 e. The Balaban J connectivity index is 2.56. The topological polar surface area (TPSA) is 4.36 Å². The summed E-state index contributed by atoms with van der Waals surface area (Å²) in [4.78, 5) is 3.19.